The van der Waals surface area contributed by atoms with Gasteiger partial charge in [0.2, 0.25) is 11.8 Å². The van der Waals surface area contributed by atoms with Gasteiger partial charge in [-0.25, -0.2) is 0 Å². The standard InChI is InChI=1S/C18H16BrN3O3S/c1-3-6-21-17(25)14(16(24)20-18(21)26)7-11-9-22(10(2)23)15-5-4-12(19)8-13(11)15/h3-5,8-9,25H,1,6-7H2,2H3,(H,20,24,26). The van der Waals surface area contributed by atoms with Gasteiger partial charge in [0.1, 0.15) is 0 Å². The first-order valence-electron chi connectivity index (χ1n) is 7.79. The van der Waals surface area contributed by atoms with Gasteiger partial charge in [-0.15, -0.1) is 6.58 Å². The van der Waals surface area contributed by atoms with Crippen LogP contribution in [-0.4, -0.2) is 25.1 Å². The molecule has 0 fully saturated rings. The summed E-state index contributed by atoms with van der Waals surface area (Å²) < 4.78 is 3.92. The van der Waals surface area contributed by atoms with Crippen molar-refractivity contribution in [2.45, 2.75) is 19.9 Å². The summed E-state index contributed by atoms with van der Waals surface area (Å²) in [5.74, 6) is -0.332. The van der Waals surface area contributed by atoms with Crippen molar-refractivity contribution in [3.63, 3.8) is 0 Å². The summed E-state index contributed by atoms with van der Waals surface area (Å²) >= 11 is 8.52. The van der Waals surface area contributed by atoms with Crippen LogP contribution in [0.15, 0.2) is 46.3 Å². The summed E-state index contributed by atoms with van der Waals surface area (Å²) in [5, 5.41) is 11.4. The Hall–Kier alpha value is -2.45. The van der Waals surface area contributed by atoms with Crippen molar-refractivity contribution in [2.75, 3.05) is 0 Å². The Kier molecular flexibility index (Phi) is 4.97. The predicted molar refractivity (Wildman–Crippen MR) is 106 cm³/mol. The molecule has 8 heteroatoms. The van der Waals surface area contributed by atoms with Crippen LogP contribution in [-0.2, 0) is 13.0 Å². The lowest BCUT2D eigenvalue weighted by atomic mass is 10.1. The van der Waals surface area contributed by atoms with E-state index in [0.717, 1.165) is 20.9 Å². The number of nitrogens with one attached hydrogen (secondary N) is 1. The van der Waals surface area contributed by atoms with E-state index in [1.165, 1.54) is 16.1 Å². The van der Waals surface area contributed by atoms with Gasteiger partial charge in [0, 0.05) is 35.9 Å². The SMILES string of the molecule is C=CCn1c(O)c(Cc2cn(C(C)=O)c3ccc(Br)cc23)c(=O)[nH]c1=S. The maximum atomic E-state index is 12.4. The zero-order chi connectivity index (χ0) is 19.0. The molecule has 2 N–H and O–H groups in total. The van der Waals surface area contributed by atoms with Crippen LogP contribution in [0.5, 0.6) is 5.88 Å². The van der Waals surface area contributed by atoms with Crippen molar-refractivity contribution in [3.8, 4) is 5.88 Å². The van der Waals surface area contributed by atoms with Crippen LogP contribution in [0.25, 0.3) is 10.9 Å². The number of rotatable bonds is 4. The average molecular weight is 434 g/mol. The van der Waals surface area contributed by atoms with Crippen LogP contribution in [0.1, 0.15) is 22.8 Å². The number of carbonyl (C=O) groups is 1. The number of hydrogen-bond donors (Lipinski definition) is 2. The van der Waals surface area contributed by atoms with Crippen molar-refractivity contribution in [1.82, 2.24) is 14.1 Å². The minimum Gasteiger partial charge on any atom is -0.494 e. The lowest BCUT2D eigenvalue weighted by Crippen LogP contribution is -2.19. The van der Waals surface area contributed by atoms with E-state index in [9.17, 15) is 14.7 Å². The smallest absolute Gasteiger partial charge is 0.259 e. The van der Waals surface area contributed by atoms with Gasteiger partial charge in [-0.3, -0.25) is 23.7 Å². The van der Waals surface area contributed by atoms with Crippen LogP contribution in [0.3, 0.4) is 0 Å². The molecule has 0 aliphatic heterocycles. The monoisotopic (exact) mass is 433 g/mol. The van der Waals surface area contributed by atoms with Gasteiger partial charge in [0.15, 0.2) is 4.77 Å². The van der Waals surface area contributed by atoms with E-state index < -0.39 is 5.56 Å². The highest BCUT2D eigenvalue weighted by atomic mass is 79.9. The van der Waals surface area contributed by atoms with E-state index in [2.05, 4.69) is 27.5 Å². The summed E-state index contributed by atoms with van der Waals surface area (Å²) in [6.07, 6.45) is 3.43. The fourth-order valence-electron chi connectivity index (χ4n) is 2.92. The van der Waals surface area contributed by atoms with Gasteiger partial charge < -0.3 is 5.11 Å². The zero-order valence-electron chi connectivity index (χ0n) is 14.0. The molecule has 0 radical (unpaired) electrons. The molecule has 0 aliphatic carbocycles. The molecule has 0 saturated heterocycles. The van der Waals surface area contributed by atoms with E-state index in [1.54, 1.807) is 12.3 Å². The molecule has 0 aliphatic rings. The number of aromatic nitrogens is 3. The van der Waals surface area contributed by atoms with E-state index in [-0.39, 0.29) is 35.1 Å². The third kappa shape index (κ3) is 3.17. The Balaban J connectivity index is 2.22. The first-order chi connectivity index (χ1) is 12.3. The molecule has 0 spiro atoms. The maximum Gasteiger partial charge on any atom is 0.259 e. The number of carbonyl (C=O) groups excluding carboxylic acids is 1. The molecule has 0 amide bonds. The van der Waals surface area contributed by atoms with Gasteiger partial charge in [-0.1, -0.05) is 22.0 Å². The maximum absolute atomic E-state index is 12.4. The Bertz CT molecular complexity index is 1160. The van der Waals surface area contributed by atoms with Crippen LogP contribution < -0.4 is 5.56 Å². The molecule has 1 aromatic carbocycles. The number of hydrogen-bond acceptors (Lipinski definition) is 4. The number of fused-ring (bicyclic) bond motifs is 1. The zero-order valence-corrected chi connectivity index (χ0v) is 16.4. The third-order valence-electron chi connectivity index (χ3n) is 4.13. The number of benzene rings is 1. The fraction of sp³-hybridized carbons (Fsp3) is 0.167. The highest BCUT2D eigenvalue weighted by Crippen LogP contribution is 2.28. The fourth-order valence-corrected chi connectivity index (χ4v) is 3.54. The normalized spacial score (nSPS) is 11.0. The topological polar surface area (TPSA) is 80.0 Å². The van der Waals surface area contributed by atoms with E-state index in [4.69, 9.17) is 12.2 Å². The highest BCUT2D eigenvalue weighted by molar-refractivity contribution is 9.10. The highest BCUT2D eigenvalue weighted by Gasteiger charge is 2.17. The Morgan fingerprint density at radius 3 is 2.85 bits per heavy atom. The molecule has 134 valence electrons. The lowest BCUT2D eigenvalue weighted by molar-refractivity contribution is 0.0941. The van der Waals surface area contributed by atoms with Crippen LogP contribution in [0, 0.1) is 4.77 Å². The Labute approximate surface area is 162 Å². The molecular weight excluding hydrogens is 418 g/mol. The minimum absolute atomic E-state index is 0.130. The summed E-state index contributed by atoms with van der Waals surface area (Å²) in [6.45, 7) is 5.38. The van der Waals surface area contributed by atoms with Gasteiger partial charge in [-0.05, 0) is 36.0 Å². The second-order valence-corrected chi connectivity index (χ2v) is 7.14. The second-order valence-electron chi connectivity index (χ2n) is 5.84. The molecule has 0 bridgehead atoms. The van der Waals surface area contributed by atoms with Gasteiger partial charge in [0.25, 0.3) is 5.56 Å². The molecular formula is C18H16BrN3O3S. The predicted octanol–water partition coefficient (Wildman–Crippen LogP) is 3.77. The summed E-state index contributed by atoms with van der Waals surface area (Å²) in [6, 6.07) is 5.56. The number of nitrogens with zero attached hydrogens (tertiary/aromatic N) is 2. The third-order valence-corrected chi connectivity index (χ3v) is 4.95. The molecule has 3 rings (SSSR count). The van der Waals surface area contributed by atoms with E-state index in [0.29, 0.717) is 0 Å². The Morgan fingerprint density at radius 1 is 1.46 bits per heavy atom. The molecule has 0 atom stereocenters. The number of aromatic amines is 1. The summed E-state index contributed by atoms with van der Waals surface area (Å²) in [7, 11) is 0. The molecule has 0 unspecified atom stereocenters. The quantitative estimate of drug-likeness (QED) is 0.484. The van der Waals surface area contributed by atoms with Gasteiger partial charge in [-0.2, -0.15) is 0 Å². The molecule has 2 aromatic heterocycles. The van der Waals surface area contributed by atoms with Crippen molar-refractivity contribution in [2.24, 2.45) is 0 Å². The number of allylic oxidation sites excluding steroid dienone is 1. The van der Waals surface area contributed by atoms with Crippen molar-refractivity contribution < 1.29 is 9.90 Å². The molecule has 0 saturated carbocycles. The minimum atomic E-state index is -0.452. The molecule has 3 aromatic rings. The van der Waals surface area contributed by atoms with Crippen LogP contribution in [0.4, 0.5) is 0 Å². The van der Waals surface area contributed by atoms with Crippen molar-refractivity contribution >= 4 is 45.0 Å². The summed E-state index contributed by atoms with van der Waals surface area (Å²) in [4.78, 5) is 26.9. The first kappa shape index (κ1) is 18.3. The van der Waals surface area contributed by atoms with Gasteiger partial charge in [0.05, 0.1) is 11.1 Å². The van der Waals surface area contributed by atoms with E-state index >= 15 is 0 Å². The molecule has 2 heterocycles. The van der Waals surface area contributed by atoms with Crippen molar-refractivity contribution in [1.29, 1.82) is 0 Å². The second kappa shape index (κ2) is 7.05. The van der Waals surface area contributed by atoms with E-state index in [1.807, 2.05) is 18.2 Å². The van der Waals surface area contributed by atoms with Gasteiger partial charge >= 0.3 is 0 Å². The Morgan fingerprint density at radius 2 is 2.19 bits per heavy atom. The lowest BCUT2D eigenvalue weighted by Gasteiger charge is -2.10. The average Bonchev–Trinajstić information content (AvgIpc) is 2.93. The molecule has 26 heavy (non-hydrogen) atoms. The largest absolute Gasteiger partial charge is 0.494 e. The summed E-state index contributed by atoms with van der Waals surface area (Å²) in [5.41, 5.74) is 1.22. The van der Waals surface area contributed by atoms with Crippen LogP contribution in [0.2, 0.25) is 0 Å². The first-order valence-corrected chi connectivity index (χ1v) is 9.00. The van der Waals surface area contributed by atoms with Crippen LogP contribution >= 0.6 is 28.1 Å². The number of aromatic hydroxyl groups is 1. The number of H-pyrrole nitrogens is 1. The number of halogens is 1. The molecule has 6 nitrogen and oxygen atoms in total. The van der Waals surface area contributed by atoms with Crippen molar-refractivity contribution in [3.05, 3.63) is 67.8 Å².